The highest BCUT2D eigenvalue weighted by Crippen LogP contribution is 2.33. The van der Waals surface area contributed by atoms with Gasteiger partial charge in [0.05, 0.1) is 16.1 Å². The van der Waals surface area contributed by atoms with Crippen molar-refractivity contribution in [3.05, 3.63) is 42.9 Å². The Morgan fingerprint density at radius 2 is 2.05 bits per heavy atom. The molecule has 0 unspecified atom stereocenters. The molecule has 11 nitrogen and oxygen atoms in total. The van der Waals surface area contributed by atoms with Crippen molar-refractivity contribution in [2.45, 2.75) is 0 Å². The first-order valence-corrected chi connectivity index (χ1v) is 5.14. The lowest BCUT2D eigenvalue weighted by Crippen LogP contribution is -2.27. The Morgan fingerprint density at radius 1 is 1.40 bits per heavy atom. The maximum absolute atomic E-state index is 10.9. The summed E-state index contributed by atoms with van der Waals surface area (Å²) in [5, 5.41) is 36.2. The molecule has 0 spiro atoms. The van der Waals surface area contributed by atoms with Gasteiger partial charge in [-0.3, -0.25) is 25.4 Å². The third-order valence-electron chi connectivity index (χ3n) is 1.99. The van der Waals surface area contributed by atoms with Gasteiger partial charge in [-0.15, -0.1) is 5.10 Å². The van der Waals surface area contributed by atoms with Crippen molar-refractivity contribution in [1.29, 1.82) is 0 Å². The zero-order valence-corrected chi connectivity index (χ0v) is 10.3. The van der Waals surface area contributed by atoms with Crippen LogP contribution in [0.25, 0.3) is 0 Å². The highest BCUT2D eigenvalue weighted by atomic mass is 35.5. The van der Waals surface area contributed by atoms with Gasteiger partial charge in [0, 0.05) is 6.07 Å². The predicted molar refractivity (Wildman–Crippen MR) is 68.9 cm³/mol. The molecule has 20 heavy (non-hydrogen) atoms. The van der Waals surface area contributed by atoms with E-state index in [-0.39, 0.29) is 5.02 Å². The van der Waals surface area contributed by atoms with E-state index in [0.29, 0.717) is 0 Å². The monoisotopic (exact) mass is 302 g/mol. The van der Waals surface area contributed by atoms with Crippen LogP contribution in [0.2, 0.25) is 5.02 Å². The van der Waals surface area contributed by atoms with E-state index in [1.807, 2.05) is 0 Å². The molecule has 0 saturated heterocycles. The lowest BCUT2D eigenvalue weighted by molar-refractivity contribution is -0.394. The van der Waals surface area contributed by atoms with E-state index in [9.17, 15) is 20.2 Å². The Hall–Kier alpha value is -2.79. The van der Waals surface area contributed by atoms with E-state index in [0.717, 1.165) is 18.3 Å². The lowest BCUT2D eigenvalue weighted by Gasteiger charge is -2.00. The highest BCUT2D eigenvalue weighted by Gasteiger charge is 2.27. The van der Waals surface area contributed by atoms with Crippen molar-refractivity contribution in [3.8, 4) is 0 Å². The molecule has 0 aliphatic carbocycles. The number of guanidine groups is 1. The number of rotatable bonds is 4. The average molecular weight is 303 g/mol. The molecule has 0 amide bonds. The molecular weight excluding hydrogens is 296 g/mol. The van der Waals surface area contributed by atoms with Crippen LogP contribution in [0.4, 0.5) is 11.4 Å². The Labute approximate surface area is 115 Å². The average Bonchev–Trinajstić information content (AvgIpc) is 2.37. The molecule has 0 atom stereocenters. The number of hydroxylamine groups is 1. The van der Waals surface area contributed by atoms with Crippen LogP contribution >= 0.6 is 11.6 Å². The summed E-state index contributed by atoms with van der Waals surface area (Å²) in [7, 11) is 0. The molecule has 0 aliphatic heterocycles. The van der Waals surface area contributed by atoms with Crippen LogP contribution in [-0.4, -0.2) is 27.2 Å². The Bertz CT molecular complexity index is 616. The van der Waals surface area contributed by atoms with E-state index in [2.05, 4.69) is 10.2 Å². The van der Waals surface area contributed by atoms with Gasteiger partial charge in [-0.25, -0.2) is 5.48 Å². The Morgan fingerprint density at radius 3 is 2.55 bits per heavy atom. The quantitative estimate of drug-likeness (QED) is 0.319. The molecule has 0 bridgehead atoms. The van der Waals surface area contributed by atoms with E-state index < -0.39 is 32.7 Å². The first kappa shape index (κ1) is 15.3. The lowest BCUT2D eigenvalue weighted by atomic mass is 10.1. The molecular formula is C8H7ClN6O5. The van der Waals surface area contributed by atoms with Gasteiger partial charge in [0.1, 0.15) is 5.02 Å². The minimum Gasteiger partial charge on any atom is -0.367 e. The Balaban J connectivity index is 3.44. The zero-order valence-electron chi connectivity index (χ0n) is 9.56. The minimum atomic E-state index is -0.881. The fourth-order valence-corrected chi connectivity index (χ4v) is 1.45. The smallest absolute Gasteiger partial charge is 0.303 e. The fraction of sp³-hybridized carbons (Fsp3) is 0. The van der Waals surface area contributed by atoms with Crippen LogP contribution in [0, 0.1) is 20.2 Å². The van der Waals surface area contributed by atoms with E-state index in [1.54, 1.807) is 0 Å². The van der Waals surface area contributed by atoms with Crippen LogP contribution in [-0.2, 0) is 0 Å². The number of nitrogens with two attached hydrogens (primary N) is 1. The second-order valence-electron chi connectivity index (χ2n) is 3.18. The van der Waals surface area contributed by atoms with Crippen molar-refractivity contribution in [3.63, 3.8) is 0 Å². The normalized spacial score (nSPS) is 11.6. The van der Waals surface area contributed by atoms with Crippen LogP contribution in [0.1, 0.15) is 5.56 Å². The molecule has 12 heteroatoms. The number of nitro groups is 2. The van der Waals surface area contributed by atoms with Crippen molar-refractivity contribution >= 4 is 35.1 Å². The first-order chi connectivity index (χ1) is 9.38. The van der Waals surface area contributed by atoms with Crippen molar-refractivity contribution < 1.29 is 15.1 Å². The summed E-state index contributed by atoms with van der Waals surface area (Å²) >= 11 is 5.63. The van der Waals surface area contributed by atoms with Crippen LogP contribution in [0.15, 0.2) is 22.3 Å². The summed E-state index contributed by atoms with van der Waals surface area (Å²) in [5.74, 6) is -0.506. The Kier molecular flexibility index (Phi) is 4.88. The van der Waals surface area contributed by atoms with Crippen LogP contribution < -0.4 is 11.2 Å². The van der Waals surface area contributed by atoms with Gasteiger partial charge < -0.3 is 5.73 Å². The molecule has 0 saturated carbocycles. The fourth-order valence-electron chi connectivity index (χ4n) is 1.21. The standard InChI is InChI=1S/C8H7ClN6O5/c9-5-1-2-6(14(17)18)4(7(5)15(19)20)3-11-12-8(10)13-16/h1-3,16H,(H3,10,12,13)/b11-3+. The van der Waals surface area contributed by atoms with Crippen molar-refractivity contribution in [1.82, 2.24) is 5.48 Å². The summed E-state index contributed by atoms with van der Waals surface area (Å²) in [6.07, 6.45) is 0.742. The van der Waals surface area contributed by atoms with Gasteiger partial charge >= 0.3 is 5.69 Å². The molecule has 0 aliphatic rings. The predicted octanol–water partition coefficient (Wildman–Crippen LogP) is 0.784. The SMILES string of the molecule is NC(=N/N=C/c1c([N+](=O)[O-])ccc(Cl)c1[N+](=O)[O-])NO. The number of benzene rings is 1. The molecule has 0 aromatic heterocycles. The molecule has 0 fully saturated rings. The molecule has 106 valence electrons. The summed E-state index contributed by atoms with van der Waals surface area (Å²) in [4.78, 5) is 20.0. The molecule has 4 N–H and O–H groups in total. The molecule has 1 aromatic rings. The second-order valence-corrected chi connectivity index (χ2v) is 3.59. The molecule has 1 aromatic carbocycles. The van der Waals surface area contributed by atoms with E-state index >= 15 is 0 Å². The van der Waals surface area contributed by atoms with E-state index in [1.165, 1.54) is 5.48 Å². The highest BCUT2D eigenvalue weighted by molar-refractivity contribution is 6.33. The van der Waals surface area contributed by atoms with Gasteiger partial charge in [0.2, 0.25) is 5.96 Å². The van der Waals surface area contributed by atoms with Gasteiger partial charge in [-0.1, -0.05) is 11.6 Å². The maximum Gasteiger partial charge on any atom is 0.303 e. The van der Waals surface area contributed by atoms with E-state index in [4.69, 9.17) is 22.5 Å². The number of hydrogen-bond donors (Lipinski definition) is 3. The van der Waals surface area contributed by atoms with Crippen LogP contribution in [0.5, 0.6) is 0 Å². The topological polar surface area (TPSA) is 169 Å². The summed E-state index contributed by atoms with van der Waals surface area (Å²) in [6.45, 7) is 0. The maximum atomic E-state index is 10.9. The summed E-state index contributed by atoms with van der Waals surface area (Å²) in [6, 6.07) is 2.02. The first-order valence-electron chi connectivity index (χ1n) is 4.76. The molecule has 1 rings (SSSR count). The van der Waals surface area contributed by atoms with Crippen molar-refractivity contribution in [2.75, 3.05) is 0 Å². The van der Waals surface area contributed by atoms with Crippen LogP contribution in [0.3, 0.4) is 0 Å². The summed E-state index contributed by atoms with van der Waals surface area (Å²) in [5.41, 5.74) is 4.80. The van der Waals surface area contributed by atoms with Gasteiger partial charge in [-0.05, 0) is 6.07 Å². The van der Waals surface area contributed by atoms with Gasteiger partial charge in [0.15, 0.2) is 5.56 Å². The molecule has 0 radical (unpaired) electrons. The number of hydrogen-bond acceptors (Lipinski definition) is 7. The summed E-state index contributed by atoms with van der Waals surface area (Å²) < 4.78 is 0. The number of nitrogens with zero attached hydrogens (tertiary/aromatic N) is 4. The molecule has 0 heterocycles. The van der Waals surface area contributed by atoms with Crippen molar-refractivity contribution in [2.24, 2.45) is 15.9 Å². The third kappa shape index (κ3) is 3.37. The number of nitrogens with one attached hydrogen (secondary N) is 1. The number of nitro benzene ring substituents is 2. The second kappa shape index (κ2) is 6.40. The zero-order chi connectivity index (χ0) is 15.3. The van der Waals surface area contributed by atoms with Gasteiger partial charge in [0.25, 0.3) is 5.69 Å². The largest absolute Gasteiger partial charge is 0.367 e. The third-order valence-corrected chi connectivity index (χ3v) is 2.30. The van der Waals surface area contributed by atoms with Gasteiger partial charge in [-0.2, -0.15) is 5.10 Å². The minimum absolute atomic E-state index is 0.292. The number of halogens is 1.